The van der Waals surface area contributed by atoms with Crippen LogP contribution in [0.1, 0.15) is 194 Å². The van der Waals surface area contributed by atoms with Gasteiger partial charge in [0.2, 0.25) is 0 Å². The molecule has 2 heteroatoms. The quantitative estimate of drug-likeness (QED) is 0.0600. The van der Waals surface area contributed by atoms with E-state index in [0.29, 0.717) is 0 Å². The van der Waals surface area contributed by atoms with E-state index >= 15 is 0 Å². The van der Waals surface area contributed by atoms with Crippen LogP contribution in [-0.4, -0.2) is 31.1 Å². The van der Waals surface area contributed by atoms with E-state index in [4.69, 9.17) is 5.73 Å². The Kier molecular flexibility index (Phi) is 35.6. The molecule has 1 atom stereocenters. The highest BCUT2D eigenvalue weighted by Crippen LogP contribution is 2.18. The van der Waals surface area contributed by atoms with E-state index in [0.717, 1.165) is 25.6 Å². The van der Waals surface area contributed by atoms with E-state index in [2.05, 4.69) is 62.3 Å². The van der Waals surface area contributed by atoms with Crippen LogP contribution in [0.4, 0.5) is 0 Å². The van der Waals surface area contributed by atoms with Crippen LogP contribution in [0.15, 0.2) is 36.5 Å². The topological polar surface area (TPSA) is 29.3 Å². The summed E-state index contributed by atoms with van der Waals surface area (Å²) in [6, 6.07) is 0.736. The third-order valence-corrected chi connectivity index (χ3v) is 8.89. The predicted molar refractivity (Wildman–Crippen MR) is 194 cm³/mol. The fourth-order valence-corrected chi connectivity index (χ4v) is 5.97. The van der Waals surface area contributed by atoms with Crippen molar-refractivity contribution in [1.29, 1.82) is 0 Å². The Morgan fingerprint density at radius 1 is 0.452 bits per heavy atom. The molecule has 42 heavy (non-hydrogen) atoms. The first kappa shape index (κ1) is 41.1. The molecule has 0 rings (SSSR count). The lowest BCUT2D eigenvalue weighted by Crippen LogP contribution is -2.35. The average Bonchev–Trinajstić information content (AvgIpc) is 2.99. The van der Waals surface area contributed by atoms with Crippen molar-refractivity contribution < 1.29 is 0 Å². The van der Waals surface area contributed by atoms with Crippen molar-refractivity contribution in [3.05, 3.63) is 36.5 Å². The normalized spacial score (nSPS) is 13.1. The van der Waals surface area contributed by atoms with Gasteiger partial charge in [0.15, 0.2) is 0 Å². The van der Waals surface area contributed by atoms with Gasteiger partial charge in [0.05, 0.1) is 0 Å². The van der Waals surface area contributed by atoms with Crippen molar-refractivity contribution in [2.24, 2.45) is 5.73 Å². The zero-order valence-electron chi connectivity index (χ0n) is 29.3. The summed E-state index contributed by atoms with van der Waals surface area (Å²) in [6.45, 7) is 6.38. The second-order valence-corrected chi connectivity index (χ2v) is 13.0. The molecule has 2 nitrogen and oxygen atoms in total. The fourth-order valence-electron chi connectivity index (χ4n) is 5.97. The molecule has 0 radical (unpaired) electrons. The molecule has 0 aromatic carbocycles. The summed E-state index contributed by atoms with van der Waals surface area (Å²) in [6.07, 6.45) is 52.5. The number of hydrogen-bond donors (Lipinski definition) is 1. The van der Waals surface area contributed by atoms with E-state index < -0.39 is 0 Å². The zero-order valence-corrected chi connectivity index (χ0v) is 29.3. The SMILES string of the molecule is CCCCCC=CCC=CCCCCCCCCC(CCCCCCCCCCCC=CCCCCC)N(C)CCN. The van der Waals surface area contributed by atoms with E-state index in [1.54, 1.807) is 0 Å². The summed E-state index contributed by atoms with van der Waals surface area (Å²) in [5.41, 5.74) is 5.90. The highest BCUT2D eigenvalue weighted by Gasteiger charge is 2.13. The monoisotopic (exact) mass is 587 g/mol. The molecule has 0 spiro atoms. The molecule has 0 aromatic rings. The number of nitrogens with two attached hydrogens (primary N) is 1. The van der Waals surface area contributed by atoms with E-state index in [1.165, 1.54) is 173 Å². The van der Waals surface area contributed by atoms with Gasteiger partial charge in [0, 0.05) is 19.1 Å². The molecule has 0 fully saturated rings. The first-order valence-electron chi connectivity index (χ1n) is 19.1. The Morgan fingerprint density at radius 3 is 1.17 bits per heavy atom. The van der Waals surface area contributed by atoms with Crippen LogP contribution in [0, 0.1) is 0 Å². The first-order chi connectivity index (χ1) is 20.8. The number of allylic oxidation sites excluding steroid dienone is 6. The fraction of sp³-hybridized carbons (Fsp3) is 0.850. The minimum absolute atomic E-state index is 0.736. The summed E-state index contributed by atoms with van der Waals surface area (Å²) < 4.78 is 0. The molecular weight excluding hydrogens is 508 g/mol. The highest BCUT2D eigenvalue weighted by atomic mass is 15.1. The number of hydrogen-bond acceptors (Lipinski definition) is 2. The minimum Gasteiger partial charge on any atom is -0.329 e. The van der Waals surface area contributed by atoms with Crippen LogP contribution in [0.2, 0.25) is 0 Å². The average molecular weight is 587 g/mol. The molecule has 1 unspecified atom stereocenters. The molecule has 0 saturated carbocycles. The highest BCUT2D eigenvalue weighted by molar-refractivity contribution is 4.92. The van der Waals surface area contributed by atoms with Crippen molar-refractivity contribution in [1.82, 2.24) is 4.90 Å². The van der Waals surface area contributed by atoms with Gasteiger partial charge in [0.1, 0.15) is 0 Å². The lowest BCUT2D eigenvalue weighted by molar-refractivity contribution is 0.214. The van der Waals surface area contributed by atoms with E-state index in [1.807, 2.05) is 0 Å². The van der Waals surface area contributed by atoms with Gasteiger partial charge in [-0.3, -0.25) is 0 Å². The van der Waals surface area contributed by atoms with Crippen LogP contribution in [0.25, 0.3) is 0 Å². The second kappa shape index (κ2) is 36.3. The number of nitrogens with zero attached hydrogens (tertiary/aromatic N) is 1. The summed E-state index contributed by atoms with van der Waals surface area (Å²) in [5, 5.41) is 0. The molecule has 0 saturated heterocycles. The number of unbranched alkanes of at least 4 members (excludes halogenated alkanes) is 21. The summed E-state index contributed by atoms with van der Waals surface area (Å²) in [7, 11) is 2.30. The molecule has 248 valence electrons. The molecule has 0 aliphatic carbocycles. The molecule has 2 N–H and O–H groups in total. The van der Waals surface area contributed by atoms with Gasteiger partial charge in [-0.25, -0.2) is 0 Å². The second-order valence-electron chi connectivity index (χ2n) is 13.0. The summed E-state index contributed by atoms with van der Waals surface area (Å²) in [5.74, 6) is 0. The maximum atomic E-state index is 5.90. The Morgan fingerprint density at radius 2 is 0.786 bits per heavy atom. The Hall–Kier alpha value is -0.860. The van der Waals surface area contributed by atoms with E-state index in [-0.39, 0.29) is 0 Å². The summed E-state index contributed by atoms with van der Waals surface area (Å²) in [4.78, 5) is 2.55. The van der Waals surface area contributed by atoms with Gasteiger partial charge in [-0.05, 0) is 77.7 Å². The maximum absolute atomic E-state index is 5.90. The van der Waals surface area contributed by atoms with Gasteiger partial charge < -0.3 is 10.6 Å². The third kappa shape index (κ3) is 32.1. The van der Waals surface area contributed by atoms with Crippen LogP contribution in [0.5, 0.6) is 0 Å². The predicted octanol–water partition coefficient (Wildman–Crippen LogP) is 12.9. The maximum Gasteiger partial charge on any atom is 0.0104 e. The lowest BCUT2D eigenvalue weighted by Gasteiger charge is -2.28. The van der Waals surface area contributed by atoms with Crippen molar-refractivity contribution in [2.75, 3.05) is 20.1 Å². The zero-order chi connectivity index (χ0) is 30.6. The van der Waals surface area contributed by atoms with Crippen molar-refractivity contribution in [3.8, 4) is 0 Å². The molecule has 0 aliphatic heterocycles. The van der Waals surface area contributed by atoms with Gasteiger partial charge in [-0.15, -0.1) is 0 Å². The molecule has 0 heterocycles. The van der Waals surface area contributed by atoms with Crippen LogP contribution in [0.3, 0.4) is 0 Å². The van der Waals surface area contributed by atoms with Crippen LogP contribution in [-0.2, 0) is 0 Å². The Balaban J connectivity index is 3.68. The smallest absolute Gasteiger partial charge is 0.0104 e. The summed E-state index contributed by atoms with van der Waals surface area (Å²) >= 11 is 0. The van der Waals surface area contributed by atoms with Gasteiger partial charge in [0.25, 0.3) is 0 Å². The Bertz CT molecular complexity index is 578. The van der Waals surface area contributed by atoms with Gasteiger partial charge in [-0.1, -0.05) is 159 Å². The molecular formula is C40H78N2. The Labute approximate surface area is 266 Å². The first-order valence-corrected chi connectivity index (χ1v) is 19.1. The molecule has 0 aromatic heterocycles. The van der Waals surface area contributed by atoms with E-state index in [9.17, 15) is 0 Å². The van der Waals surface area contributed by atoms with Crippen molar-refractivity contribution in [3.63, 3.8) is 0 Å². The van der Waals surface area contributed by atoms with Crippen molar-refractivity contribution >= 4 is 0 Å². The largest absolute Gasteiger partial charge is 0.329 e. The minimum atomic E-state index is 0.736. The van der Waals surface area contributed by atoms with Crippen LogP contribution >= 0.6 is 0 Å². The lowest BCUT2D eigenvalue weighted by atomic mass is 9.98. The molecule has 0 bridgehead atoms. The number of rotatable bonds is 34. The van der Waals surface area contributed by atoms with Crippen LogP contribution < -0.4 is 5.73 Å². The van der Waals surface area contributed by atoms with Crippen molar-refractivity contribution in [2.45, 2.75) is 200 Å². The standard InChI is InChI=1S/C40H78N2/c1-4-6-8-10-12-14-16-18-20-22-24-26-28-30-32-34-36-40(42(3)39-38-41)37-35-33-31-29-27-25-23-21-19-17-15-13-11-9-7-5-2/h12-15,18,20,40H,4-11,16-17,19,21-39,41H2,1-3H3. The molecule has 0 aliphatic rings. The third-order valence-electron chi connectivity index (χ3n) is 8.89. The van der Waals surface area contributed by atoms with Gasteiger partial charge >= 0.3 is 0 Å². The number of likely N-dealkylation sites (N-methyl/N-ethyl adjacent to an activating group) is 1. The molecule has 0 amide bonds. The van der Waals surface area contributed by atoms with Gasteiger partial charge in [-0.2, -0.15) is 0 Å².